The molecule has 1 fully saturated rings. The molecule has 1 aliphatic heterocycles. The maximum Gasteiger partial charge on any atom is 0.243 e. The molecule has 150 valence electrons. The number of carbonyl (C=O) groups excluding carboxylic acids is 1. The van der Waals surface area contributed by atoms with E-state index in [2.05, 4.69) is 10.3 Å². The minimum Gasteiger partial charge on any atom is -0.497 e. The molecule has 1 unspecified atom stereocenters. The number of aryl methyl sites for hydroxylation is 2. The Morgan fingerprint density at radius 3 is 2.75 bits per heavy atom. The van der Waals surface area contributed by atoms with Crippen molar-refractivity contribution >= 4 is 32.4 Å². The van der Waals surface area contributed by atoms with Crippen LogP contribution in [0.5, 0.6) is 5.75 Å². The van der Waals surface area contributed by atoms with Crippen molar-refractivity contribution in [1.82, 2.24) is 9.29 Å². The monoisotopic (exact) mass is 421 g/mol. The molecule has 1 N–H and O–H groups in total. The number of ether oxygens (including phenoxy) is 1. The van der Waals surface area contributed by atoms with E-state index in [1.165, 1.54) is 39.8 Å². The number of sulfonamides is 1. The minimum atomic E-state index is -3.64. The second kappa shape index (κ2) is 7.81. The molecule has 2 aromatic rings. The first-order valence-electron chi connectivity index (χ1n) is 9.41. The van der Waals surface area contributed by atoms with Crippen molar-refractivity contribution in [2.75, 3.05) is 25.5 Å². The molecular weight excluding hydrogens is 398 g/mol. The van der Waals surface area contributed by atoms with Crippen molar-refractivity contribution in [3.05, 3.63) is 34.8 Å². The van der Waals surface area contributed by atoms with Gasteiger partial charge in [0.15, 0.2) is 5.13 Å². The average molecular weight is 422 g/mol. The molecule has 1 aliphatic carbocycles. The zero-order valence-corrected chi connectivity index (χ0v) is 17.3. The number of anilines is 1. The van der Waals surface area contributed by atoms with E-state index in [4.69, 9.17) is 4.74 Å². The molecule has 0 bridgehead atoms. The fraction of sp³-hybridized carbons (Fsp3) is 0.474. The van der Waals surface area contributed by atoms with Gasteiger partial charge in [-0.05, 0) is 56.4 Å². The molecule has 1 atom stereocenters. The SMILES string of the molecule is COc1ccc(S(=O)(=O)N2CCCC(C(=O)Nc3nc4c(s3)CCC4)C2)cc1. The van der Waals surface area contributed by atoms with Crippen LogP contribution in [0.15, 0.2) is 29.2 Å². The maximum absolute atomic E-state index is 13.0. The van der Waals surface area contributed by atoms with E-state index in [0.717, 1.165) is 25.0 Å². The molecule has 28 heavy (non-hydrogen) atoms. The second-order valence-electron chi connectivity index (χ2n) is 7.11. The van der Waals surface area contributed by atoms with Crippen LogP contribution in [0.4, 0.5) is 5.13 Å². The van der Waals surface area contributed by atoms with E-state index in [-0.39, 0.29) is 23.3 Å². The van der Waals surface area contributed by atoms with Gasteiger partial charge in [0.2, 0.25) is 15.9 Å². The number of benzene rings is 1. The van der Waals surface area contributed by atoms with Crippen LogP contribution >= 0.6 is 11.3 Å². The number of fused-ring (bicyclic) bond motifs is 1. The number of nitrogens with one attached hydrogen (secondary N) is 1. The third-order valence-corrected chi connectivity index (χ3v) is 8.23. The number of nitrogens with zero attached hydrogens (tertiary/aromatic N) is 2. The first-order valence-corrected chi connectivity index (χ1v) is 11.7. The van der Waals surface area contributed by atoms with Crippen LogP contribution in [0.25, 0.3) is 0 Å². The Labute approximate surface area is 168 Å². The first kappa shape index (κ1) is 19.4. The van der Waals surface area contributed by atoms with E-state index < -0.39 is 10.0 Å². The summed E-state index contributed by atoms with van der Waals surface area (Å²) in [4.78, 5) is 18.7. The smallest absolute Gasteiger partial charge is 0.243 e. The summed E-state index contributed by atoms with van der Waals surface area (Å²) in [5.74, 6) is 0.0766. The van der Waals surface area contributed by atoms with Gasteiger partial charge in [0, 0.05) is 18.0 Å². The number of methoxy groups -OCH3 is 1. The highest BCUT2D eigenvalue weighted by Gasteiger charge is 2.33. The molecular formula is C19H23N3O4S2. The molecule has 1 aromatic carbocycles. The Hall–Kier alpha value is -1.97. The van der Waals surface area contributed by atoms with Gasteiger partial charge in [0.25, 0.3) is 0 Å². The third-order valence-electron chi connectivity index (χ3n) is 5.28. The largest absolute Gasteiger partial charge is 0.497 e. The Bertz CT molecular complexity index is 948. The highest BCUT2D eigenvalue weighted by Crippen LogP contribution is 2.31. The Kier molecular flexibility index (Phi) is 5.39. The molecule has 4 rings (SSSR count). The van der Waals surface area contributed by atoms with Gasteiger partial charge in [-0.25, -0.2) is 13.4 Å². The number of rotatable bonds is 5. The van der Waals surface area contributed by atoms with E-state index in [1.54, 1.807) is 12.1 Å². The highest BCUT2D eigenvalue weighted by atomic mass is 32.2. The van der Waals surface area contributed by atoms with Gasteiger partial charge in [-0.15, -0.1) is 11.3 Å². The lowest BCUT2D eigenvalue weighted by Crippen LogP contribution is -2.43. The van der Waals surface area contributed by atoms with Crippen LogP contribution in [0.2, 0.25) is 0 Å². The van der Waals surface area contributed by atoms with Gasteiger partial charge in [-0.2, -0.15) is 4.31 Å². The summed E-state index contributed by atoms with van der Waals surface area (Å²) in [7, 11) is -2.10. The summed E-state index contributed by atoms with van der Waals surface area (Å²) >= 11 is 1.53. The zero-order chi connectivity index (χ0) is 19.7. The lowest BCUT2D eigenvalue weighted by molar-refractivity contribution is -0.120. The van der Waals surface area contributed by atoms with Crippen LogP contribution in [0.3, 0.4) is 0 Å². The number of hydrogen-bond acceptors (Lipinski definition) is 6. The number of amides is 1. The van der Waals surface area contributed by atoms with E-state index in [9.17, 15) is 13.2 Å². The van der Waals surface area contributed by atoms with Crippen LogP contribution in [-0.4, -0.2) is 43.8 Å². The van der Waals surface area contributed by atoms with Crippen LogP contribution in [0, 0.1) is 5.92 Å². The first-order chi connectivity index (χ1) is 13.5. The Morgan fingerprint density at radius 2 is 2.04 bits per heavy atom. The summed E-state index contributed by atoms with van der Waals surface area (Å²) in [6.45, 7) is 0.606. The van der Waals surface area contributed by atoms with Crippen LogP contribution in [0.1, 0.15) is 29.8 Å². The second-order valence-corrected chi connectivity index (χ2v) is 10.1. The average Bonchev–Trinajstić information content (AvgIpc) is 3.30. The maximum atomic E-state index is 13.0. The molecule has 1 amide bonds. The van der Waals surface area contributed by atoms with Gasteiger partial charge >= 0.3 is 0 Å². The quantitative estimate of drug-likeness (QED) is 0.802. The molecule has 1 aromatic heterocycles. The molecule has 7 nitrogen and oxygen atoms in total. The Balaban J connectivity index is 1.44. The van der Waals surface area contributed by atoms with E-state index >= 15 is 0 Å². The van der Waals surface area contributed by atoms with Gasteiger partial charge < -0.3 is 10.1 Å². The number of carbonyl (C=O) groups is 1. The van der Waals surface area contributed by atoms with Crippen LogP contribution in [-0.2, 0) is 27.7 Å². The van der Waals surface area contributed by atoms with Gasteiger partial charge in [-0.3, -0.25) is 4.79 Å². The fourth-order valence-electron chi connectivity index (χ4n) is 3.72. The van der Waals surface area contributed by atoms with E-state index in [1.807, 2.05) is 0 Å². The van der Waals surface area contributed by atoms with Crippen molar-refractivity contribution in [1.29, 1.82) is 0 Å². The van der Waals surface area contributed by atoms with Gasteiger partial charge in [-0.1, -0.05) is 0 Å². The van der Waals surface area contributed by atoms with Crippen molar-refractivity contribution in [3.63, 3.8) is 0 Å². The third kappa shape index (κ3) is 3.78. The fourth-order valence-corrected chi connectivity index (χ4v) is 6.30. The van der Waals surface area contributed by atoms with Crippen LogP contribution < -0.4 is 10.1 Å². The molecule has 0 spiro atoms. The summed E-state index contributed by atoms with van der Waals surface area (Å²) in [6.07, 6.45) is 4.45. The Morgan fingerprint density at radius 1 is 1.25 bits per heavy atom. The molecule has 0 radical (unpaired) electrons. The van der Waals surface area contributed by atoms with Crippen molar-refractivity contribution in [2.24, 2.45) is 5.92 Å². The van der Waals surface area contributed by atoms with Crippen molar-refractivity contribution < 1.29 is 17.9 Å². The summed E-state index contributed by atoms with van der Waals surface area (Å²) in [5, 5.41) is 3.53. The molecule has 9 heteroatoms. The van der Waals surface area contributed by atoms with Gasteiger partial charge in [0.1, 0.15) is 5.75 Å². The normalized spacial score (nSPS) is 20.0. The lowest BCUT2D eigenvalue weighted by atomic mass is 9.99. The standard InChI is InChI=1S/C19H23N3O4S2/c1-26-14-7-9-15(10-8-14)28(24,25)22-11-3-4-13(12-22)18(23)21-19-20-16-5-2-6-17(16)27-19/h7-10,13H,2-6,11-12H2,1H3,(H,20,21,23). The molecule has 0 saturated carbocycles. The van der Waals surface area contributed by atoms with E-state index in [0.29, 0.717) is 30.3 Å². The van der Waals surface area contributed by atoms with Crippen molar-refractivity contribution in [2.45, 2.75) is 37.0 Å². The minimum absolute atomic E-state index is 0.151. The molecule has 2 heterocycles. The molecule has 2 aliphatic rings. The summed E-state index contributed by atoms with van der Waals surface area (Å²) in [5.41, 5.74) is 1.09. The summed E-state index contributed by atoms with van der Waals surface area (Å²) < 4.78 is 32.4. The number of aromatic nitrogens is 1. The number of piperidine rings is 1. The van der Waals surface area contributed by atoms with Gasteiger partial charge in [0.05, 0.1) is 23.6 Å². The predicted octanol–water partition coefficient (Wildman–Crippen LogP) is 2.68. The predicted molar refractivity (Wildman–Crippen MR) is 107 cm³/mol. The number of hydrogen-bond donors (Lipinski definition) is 1. The molecule has 1 saturated heterocycles. The number of thiazole rings is 1. The lowest BCUT2D eigenvalue weighted by Gasteiger charge is -2.31. The van der Waals surface area contributed by atoms with Crippen molar-refractivity contribution in [3.8, 4) is 5.75 Å². The highest BCUT2D eigenvalue weighted by molar-refractivity contribution is 7.89. The summed E-state index contributed by atoms with van der Waals surface area (Å²) in [6, 6.07) is 6.33. The zero-order valence-electron chi connectivity index (χ0n) is 15.7. The topological polar surface area (TPSA) is 88.6 Å².